The molecule has 1 heterocycles. The van der Waals surface area contributed by atoms with E-state index in [0.29, 0.717) is 0 Å². The summed E-state index contributed by atoms with van der Waals surface area (Å²) < 4.78 is 0. The maximum absolute atomic E-state index is 10.5. The Morgan fingerprint density at radius 1 is 1.78 bits per heavy atom. The number of hydrogen-bond acceptors (Lipinski definition) is 3. The predicted molar refractivity (Wildman–Crippen MR) is 38.1 cm³/mol. The van der Waals surface area contributed by atoms with Gasteiger partial charge in [0.15, 0.2) is 0 Å². The molecule has 0 radical (unpaired) electrons. The Morgan fingerprint density at radius 2 is 2.56 bits per heavy atom. The lowest BCUT2D eigenvalue weighted by molar-refractivity contribution is -0.120. The highest BCUT2D eigenvalue weighted by molar-refractivity contribution is 7.99. The summed E-state index contributed by atoms with van der Waals surface area (Å²) in [7, 11) is 0. The number of thioether (sulfide) groups is 1. The van der Waals surface area contributed by atoms with Gasteiger partial charge in [-0.2, -0.15) is 0 Å². The second-order valence-electron chi connectivity index (χ2n) is 2.00. The minimum absolute atomic E-state index is 0.0775. The molecular weight excluding hydrogens is 136 g/mol. The number of hydrogen-bond donors (Lipinski definition) is 2. The zero-order valence-corrected chi connectivity index (χ0v) is 5.91. The SMILES string of the molecule is NC(=O)C1CCSCN1. The minimum Gasteiger partial charge on any atom is -0.368 e. The molecule has 0 aromatic heterocycles. The second-order valence-corrected chi connectivity index (χ2v) is 3.11. The molecule has 1 aliphatic rings. The van der Waals surface area contributed by atoms with E-state index < -0.39 is 0 Å². The van der Waals surface area contributed by atoms with E-state index in [1.807, 2.05) is 0 Å². The molecule has 3 N–H and O–H groups in total. The van der Waals surface area contributed by atoms with Crippen LogP contribution in [0.5, 0.6) is 0 Å². The van der Waals surface area contributed by atoms with Gasteiger partial charge in [-0.25, -0.2) is 0 Å². The van der Waals surface area contributed by atoms with E-state index >= 15 is 0 Å². The standard InChI is InChI=1S/C5H10N2OS/c6-5(8)4-1-2-9-3-7-4/h4,7H,1-3H2,(H2,6,8). The van der Waals surface area contributed by atoms with Crippen molar-refractivity contribution in [3.63, 3.8) is 0 Å². The quantitative estimate of drug-likeness (QED) is 0.525. The van der Waals surface area contributed by atoms with Gasteiger partial charge in [-0.1, -0.05) is 0 Å². The van der Waals surface area contributed by atoms with Crippen molar-refractivity contribution in [2.75, 3.05) is 11.6 Å². The van der Waals surface area contributed by atoms with Gasteiger partial charge in [-0.05, 0) is 12.2 Å². The molecule has 0 aromatic carbocycles. The van der Waals surface area contributed by atoms with Crippen molar-refractivity contribution < 1.29 is 4.79 Å². The van der Waals surface area contributed by atoms with Crippen molar-refractivity contribution in [1.82, 2.24) is 5.32 Å². The third kappa shape index (κ3) is 1.87. The monoisotopic (exact) mass is 146 g/mol. The van der Waals surface area contributed by atoms with Crippen LogP contribution >= 0.6 is 11.8 Å². The zero-order valence-electron chi connectivity index (χ0n) is 5.09. The van der Waals surface area contributed by atoms with Gasteiger partial charge in [0.1, 0.15) is 0 Å². The smallest absolute Gasteiger partial charge is 0.234 e. The maximum atomic E-state index is 10.5. The van der Waals surface area contributed by atoms with E-state index in [4.69, 9.17) is 5.73 Å². The highest BCUT2D eigenvalue weighted by atomic mass is 32.2. The Hall–Kier alpha value is -0.220. The molecule has 1 aliphatic heterocycles. The lowest BCUT2D eigenvalue weighted by atomic mass is 10.2. The normalized spacial score (nSPS) is 27.8. The van der Waals surface area contributed by atoms with E-state index in [9.17, 15) is 4.79 Å². The summed E-state index contributed by atoms with van der Waals surface area (Å²) in [5.41, 5.74) is 5.06. The summed E-state index contributed by atoms with van der Waals surface area (Å²) >= 11 is 1.80. The van der Waals surface area contributed by atoms with E-state index in [2.05, 4.69) is 5.32 Å². The van der Waals surface area contributed by atoms with Crippen LogP contribution in [-0.2, 0) is 4.79 Å². The number of rotatable bonds is 1. The summed E-state index contributed by atoms with van der Waals surface area (Å²) in [5, 5.41) is 3.01. The zero-order chi connectivity index (χ0) is 6.69. The summed E-state index contributed by atoms with van der Waals surface area (Å²) in [6.45, 7) is 0. The van der Waals surface area contributed by atoms with Crippen molar-refractivity contribution in [1.29, 1.82) is 0 Å². The molecule has 3 nitrogen and oxygen atoms in total. The molecule has 0 aromatic rings. The van der Waals surface area contributed by atoms with Gasteiger partial charge < -0.3 is 5.73 Å². The van der Waals surface area contributed by atoms with Crippen LogP contribution in [0.25, 0.3) is 0 Å². The van der Waals surface area contributed by atoms with Gasteiger partial charge in [0.05, 0.1) is 6.04 Å². The molecule has 1 unspecified atom stereocenters. The van der Waals surface area contributed by atoms with Crippen LogP contribution in [0.3, 0.4) is 0 Å². The summed E-state index contributed by atoms with van der Waals surface area (Å²) in [6, 6.07) is -0.0775. The van der Waals surface area contributed by atoms with Crippen LogP contribution in [0.1, 0.15) is 6.42 Å². The van der Waals surface area contributed by atoms with Crippen molar-refractivity contribution in [2.45, 2.75) is 12.5 Å². The van der Waals surface area contributed by atoms with Gasteiger partial charge in [0.25, 0.3) is 0 Å². The topological polar surface area (TPSA) is 55.1 Å². The number of carbonyl (C=O) groups is 1. The molecule has 1 saturated heterocycles. The minimum atomic E-state index is -0.227. The predicted octanol–water partition coefficient (Wildman–Crippen LogP) is -0.476. The highest BCUT2D eigenvalue weighted by Crippen LogP contribution is 2.09. The number of primary amides is 1. The van der Waals surface area contributed by atoms with Gasteiger partial charge >= 0.3 is 0 Å². The van der Waals surface area contributed by atoms with Crippen LogP contribution in [0.15, 0.2) is 0 Å². The molecule has 9 heavy (non-hydrogen) atoms. The fraction of sp³-hybridized carbons (Fsp3) is 0.800. The molecule has 0 bridgehead atoms. The van der Waals surface area contributed by atoms with Crippen molar-refractivity contribution in [3.05, 3.63) is 0 Å². The van der Waals surface area contributed by atoms with E-state index in [1.54, 1.807) is 11.8 Å². The molecule has 0 spiro atoms. The van der Waals surface area contributed by atoms with Crippen molar-refractivity contribution in [3.8, 4) is 0 Å². The highest BCUT2D eigenvalue weighted by Gasteiger charge is 2.16. The van der Waals surface area contributed by atoms with E-state index in [-0.39, 0.29) is 11.9 Å². The average molecular weight is 146 g/mol. The number of nitrogens with two attached hydrogens (primary N) is 1. The van der Waals surface area contributed by atoms with Crippen LogP contribution in [0.2, 0.25) is 0 Å². The maximum Gasteiger partial charge on any atom is 0.234 e. The third-order valence-corrected chi connectivity index (χ3v) is 2.22. The van der Waals surface area contributed by atoms with Gasteiger partial charge in [0.2, 0.25) is 5.91 Å². The van der Waals surface area contributed by atoms with Gasteiger partial charge in [-0.15, -0.1) is 11.8 Å². The van der Waals surface area contributed by atoms with Crippen molar-refractivity contribution >= 4 is 17.7 Å². The van der Waals surface area contributed by atoms with Crippen LogP contribution in [0, 0.1) is 0 Å². The Balaban J connectivity index is 2.31. The molecule has 0 aliphatic carbocycles. The van der Waals surface area contributed by atoms with Gasteiger partial charge in [-0.3, -0.25) is 10.1 Å². The lowest BCUT2D eigenvalue weighted by Crippen LogP contribution is -2.43. The first-order chi connectivity index (χ1) is 4.30. The van der Waals surface area contributed by atoms with Crippen LogP contribution in [0.4, 0.5) is 0 Å². The molecule has 4 heteroatoms. The third-order valence-electron chi connectivity index (χ3n) is 1.33. The molecule has 1 atom stereocenters. The Labute approximate surface area is 58.4 Å². The largest absolute Gasteiger partial charge is 0.368 e. The molecule has 0 saturated carbocycles. The summed E-state index contributed by atoms with van der Waals surface area (Å²) in [5.74, 6) is 1.67. The average Bonchev–Trinajstić information content (AvgIpc) is 1.90. The molecule has 52 valence electrons. The lowest BCUT2D eigenvalue weighted by Gasteiger charge is -2.19. The van der Waals surface area contributed by atoms with Gasteiger partial charge in [0, 0.05) is 5.88 Å². The first kappa shape index (κ1) is 6.89. The fourth-order valence-corrected chi connectivity index (χ4v) is 1.64. The summed E-state index contributed by atoms with van der Waals surface area (Å²) in [4.78, 5) is 10.5. The first-order valence-electron chi connectivity index (χ1n) is 2.91. The number of carbonyl (C=O) groups excluding carboxylic acids is 1. The van der Waals surface area contributed by atoms with E-state index in [0.717, 1.165) is 18.1 Å². The van der Waals surface area contributed by atoms with Crippen molar-refractivity contribution in [2.24, 2.45) is 5.73 Å². The Kier molecular flexibility index (Phi) is 2.36. The molecule has 1 amide bonds. The first-order valence-corrected chi connectivity index (χ1v) is 4.06. The Bertz CT molecular complexity index is 112. The number of amides is 1. The molecule has 1 fully saturated rings. The Morgan fingerprint density at radius 3 is 2.89 bits per heavy atom. The van der Waals surface area contributed by atoms with Crippen LogP contribution < -0.4 is 11.1 Å². The van der Waals surface area contributed by atoms with E-state index in [1.165, 1.54) is 0 Å². The molecular formula is C5H10N2OS. The fourth-order valence-electron chi connectivity index (χ4n) is 0.778. The second kappa shape index (κ2) is 3.08. The number of nitrogens with one attached hydrogen (secondary N) is 1. The van der Waals surface area contributed by atoms with Crippen LogP contribution in [-0.4, -0.2) is 23.6 Å². The molecule has 1 rings (SSSR count). The summed E-state index contributed by atoms with van der Waals surface area (Å²) in [6.07, 6.45) is 0.875.